The standard InChI is InChI=1S/C16H12/c1-3-7-13-11-15-9-5-2-6-10-16(15)12-14(13)8-4-1/h3-12H,1H2. The van der Waals surface area contributed by atoms with Gasteiger partial charge in [0.05, 0.1) is 0 Å². The highest BCUT2D eigenvalue weighted by molar-refractivity contribution is 5.68. The number of rotatable bonds is 0. The molecule has 76 valence electrons. The monoisotopic (exact) mass is 204 g/mol. The van der Waals surface area contributed by atoms with Crippen LogP contribution in [-0.2, 0) is 0 Å². The summed E-state index contributed by atoms with van der Waals surface area (Å²) in [6.45, 7) is 0. The molecular weight excluding hydrogens is 192 g/mol. The molecule has 0 N–H and O–H groups in total. The molecule has 0 unspecified atom stereocenters. The van der Waals surface area contributed by atoms with Crippen LogP contribution in [0.15, 0.2) is 42.2 Å². The molecular formula is C16H12. The summed E-state index contributed by atoms with van der Waals surface area (Å²) in [5, 5.41) is 2.53. The molecule has 0 aliphatic heterocycles. The topological polar surface area (TPSA) is 0 Å². The molecule has 0 atom stereocenters. The molecule has 0 aromatic heterocycles. The normalized spacial score (nSPS) is 15.5. The maximum absolute atomic E-state index is 3.10. The Labute approximate surface area is 94.9 Å². The average molecular weight is 204 g/mol. The Morgan fingerprint density at radius 2 is 1.38 bits per heavy atom. The van der Waals surface area contributed by atoms with Crippen molar-refractivity contribution in [3.05, 3.63) is 63.7 Å². The molecule has 16 heavy (non-hydrogen) atoms. The first-order valence-electron chi connectivity index (χ1n) is 5.54. The summed E-state index contributed by atoms with van der Waals surface area (Å²) in [6.07, 6.45) is 18.0. The van der Waals surface area contributed by atoms with Crippen LogP contribution in [0.25, 0.3) is 24.3 Å². The Bertz CT molecular complexity index is 606. The maximum Gasteiger partial charge on any atom is -0.0162 e. The summed E-state index contributed by atoms with van der Waals surface area (Å²) in [5.74, 6) is 0. The summed E-state index contributed by atoms with van der Waals surface area (Å²) >= 11 is 0. The Kier molecular flexibility index (Phi) is 2.21. The van der Waals surface area contributed by atoms with E-state index in [4.69, 9.17) is 0 Å². The van der Waals surface area contributed by atoms with E-state index < -0.39 is 0 Å². The van der Waals surface area contributed by atoms with Crippen LogP contribution in [0.5, 0.6) is 0 Å². The highest BCUT2D eigenvalue weighted by Gasteiger charge is 1.99. The van der Waals surface area contributed by atoms with Crippen molar-refractivity contribution in [3.63, 3.8) is 0 Å². The van der Waals surface area contributed by atoms with Gasteiger partial charge in [-0.05, 0) is 64.4 Å². The third-order valence-electron chi connectivity index (χ3n) is 2.87. The maximum atomic E-state index is 3.10. The summed E-state index contributed by atoms with van der Waals surface area (Å²) in [6, 6.07) is 4.48. The van der Waals surface area contributed by atoms with Gasteiger partial charge in [-0.15, -0.1) is 5.73 Å². The van der Waals surface area contributed by atoms with Crippen LogP contribution in [0.4, 0.5) is 0 Å². The van der Waals surface area contributed by atoms with E-state index in [0.717, 1.165) is 6.42 Å². The van der Waals surface area contributed by atoms with Crippen LogP contribution in [0.3, 0.4) is 0 Å². The van der Waals surface area contributed by atoms with Crippen molar-refractivity contribution >= 4 is 24.3 Å². The zero-order valence-electron chi connectivity index (χ0n) is 8.98. The average Bonchev–Trinajstić information content (AvgIpc) is 2.64. The molecule has 0 heterocycles. The number of fused-ring (bicyclic) bond motifs is 2. The Morgan fingerprint density at radius 1 is 0.812 bits per heavy atom. The second-order valence-electron chi connectivity index (χ2n) is 3.98. The van der Waals surface area contributed by atoms with Crippen LogP contribution in [0.1, 0.15) is 17.5 Å². The van der Waals surface area contributed by atoms with Gasteiger partial charge in [-0.2, -0.15) is 0 Å². The molecule has 0 heteroatoms. The first kappa shape index (κ1) is 9.21. The van der Waals surface area contributed by atoms with Gasteiger partial charge in [0.1, 0.15) is 0 Å². The van der Waals surface area contributed by atoms with E-state index in [2.05, 4.69) is 54.3 Å². The van der Waals surface area contributed by atoms with E-state index in [1.54, 1.807) is 0 Å². The first-order valence-corrected chi connectivity index (χ1v) is 5.54. The van der Waals surface area contributed by atoms with Crippen LogP contribution >= 0.6 is 0 Å². The molecule has 2 aliphatic rings. The molecule has 0 radical (unpaired) electrons. The third kappa shape index (κ3) is 1.60. The van der Waals surface area contributed by atoms with E-state index >= 15 is 0 Å². The molecule has 1 aromatic rings. The van der Waals surface area contributed by atoms with Crippen molar-refractivity contribution < 1.29 is 0 Å². The van der Waals surface area contributed by atoms with Crippen molar-refractivity contribution in [3.8, 4) is 0 Å². The summed E-state index contributed by atoms with van der Waals surface area (Å²) in [4.78, 5) is 0. The second-order valence-corrected chi connectivity index (χ2v) is 3.98. The highest BCUT2D eigenvalue weighted by Crippen LogP contribution is 2.13. The summed E-state index contributed by atoms with van der Waals surface area (Å²) < 4.78 is 0. The van der Waals surface area contributed by atoms with Crippen LogP contribution in [0.2, 0.25) is 0 Å². The molecule has 0 fully saturated rings. The lowest BCUT2D eigenvalue weighted by Crippen LogP contribution is -2.24. The number of allylic oxidation sites excluding steroid dienone is 3. The van der Waals surface area contributed by atoms with Gasteiger partial charge in [0.25, 0.3) is 0 Å². The summed E-state index contributed by atoms with van der Waals surface area (Å²) in [5.41, 5.74) is 5.70. The Hall–Kier alpha value is -2.04. The Balaban J connectivity index is 2.37. The lowest BCUT2D eigenvalue weighted by atomic mass is 10.0. The zero-order valence-corrected chi connectivity index (χ0v) is 8.98. The third-order valence-corrected chi connectivity index (χ3v) is 2.87. The largest absolute Gasteiger partial charge is 0.121 e. The van der Waals surface area contributed by atoms with Gasteiger partial charge < -0.3 is 0 Å². The minimum absolute atomic E-state index is 1.02. The van der Waals surface area contributed by atoms with Crippen molar-refractivity contribution in [2.45, 2.75) is 6.42 Å². The van der Waals surface area contributed by atoms with Gasteiger partial charge in [-0.1, -0.05) is 24.3 Å². The van der Waals surface area contributed by atoms with Gasteiger partial charge in [0.2, 0.25) is 0 Å². The van der Waals surface area contributed by atoms with Crippen LogP contribution < -0.4 is 10.4 Å². The molecule has 0 amide bonds. The van der Waals surface area contributed by atoms with Gasteiger partial charge in [-0.25, -0.2) is 0 Å². The van der Waals surface area contributed by atoms with Gasteiger partial charge >= 0.3 is 0 Å². The molecule has 0 bridgehead atoms. The van der Waals surface area contributed by atoms with Gasteiger partial charge in [0, 0.05) is 0 Å². The molecule has 3 rings (SSSR count). The van der Waals surface area contributed by atoms with Crippen LogP contribution in [0, 0.1) is 0 Å². The molecule has 2 aliphatic carbocycles. The van der Waals surface area contributed by atoms with E-state index in [0.29, 0.717) is 0 Å². The SMILES string of the molecule is C1=CC=c2cc3c(cc2=CC=1)C=CCC=C3. The molecule has 0 nitrogen and oxygen atoms in total. The van der Waals surface area contributed by atoms with Crippen molar-refractivity contribution in [1.29, 1.82) is 0 Å². The Morgan fingerprint density at radius 3 is 1.94 bits per heavy atom. The fourth-order valence-corrected chi connectivity index (χ4v) is 2.05. The molecule has 0 saturated carbocycles. The van der Waals surface area contributed by atoms with Crippen molar-refractivity contribution in [2.24, 2.45) is 0 Å². The quantitative estimate of drug-likeness (QED) is 0.569. The predicted molar refractivity (Wildman–Crippen MR) is 70.0 cm³/mol. The summed E-state index contributed by atoms with van der Waals surface area (Å²) in [7, 11) is 0. The fourth-order valence-electron chi connectivity index (χ4n) is 2.05. The molecule has 1 aromatic carbocycles. The van der Waals surface area contributed by atoms with Crippen molar-refractivity contribution in [2.75, 3.05) is 0 Å². The highest BCUT2D eigenvalue weighted by atomic mass is 14.0. The minimum Gasteiger partial charge on any atom is -0.121 e. The van der Waals surface area contributed by atoms with E-state index in [1.165, 1.54) is 21.6 Å². The number of hydrogen-bond acceptors (Lipinski definition) is 0. The molecule has 0 saturated heterocycles. The van der Waals surface area contributed by atoms with E-state index in [1.807, 2.05) is 12.2 Å². The van der Waals surface area contributed by atoms with Crippen LogP contribution in [-0.4, -0.2) is 0 Å². The molecule has 0 spiro atoms. The number of hydrogen-bond donors (Lipinski definition) is 0. The van der Waals surface area contributed by atoms with Gasteiger partial charge in [0.15, 0.2) is 0 Å². The smallest absolute Gasteiger partial charge is 0.0162 e. The first-order chi connectivity index (χ1) is 7.93. The minimum atomic E-state index is 1.02. The van der Waals surface area contributed by atoms with Gasteiger partial charge in [-0.3, -0.25) is 0 Å². The fraction of sp³-hybridized carbons (Fsp3) is 0.0625. The second kappa shape index (κ2) is 3.84. The van der Waals surface area contributed by atoms with E-state index in [9.17, 15) is 0 Å². The lowest BCUT2D eigenvalue weighted by Gasteiger charge is -2.00. The predicted octanol–water partition coefficient (Wildman–Crippen LogP) is 2.40. The number of benzene rings is 1. The zero-order chi connectivity index (χ0) is 10.8. The lowest BCUT2D eigenvalue weighted by molar-refractivity contribution is 1.44. The van der Waals surface area contributed by atoms with E-state index in [-0.39, 0.29) is 0 Å². The van der Waals surface area contributed by atoms with Crippen molar-refractivity contribution in [1.82, 2.24) is 0 Å².